The lowest BCUT2D eigenvalue weighted by Crippen LogP contribution is -2.42. The molecule has 1 aliphatic heterocycles. The first-order valence-electron chi connectivity index (χ1n) is 6.64. The summed E-state index contributed by atoms with van der Waals surface area (Å²) in [6, 6.07) is 1.71. The summed E-state index contributed by atoms with van der Waals surface area (Å²) in [5, 5.41) is 6.71. The van der Waals surface area contributed by atoms with E-state index in [2.05, 4.69) is 10.4 Å². The van der Waals surface area contributed by atoms with Crippen LogP contribution in [-0.4, -0.2) is 46.1 Å². The van der Waals surface area contributed by atoms with E-state index in [0.29, 0.717) is 5.69 Å². The first-order chi connectivity index (χ1) is 9.08. The smallest absolute Gasteiger partial charge is 0.272 e. The molecular formula is C13H20N4O2. The van der Waals surface area contributed by atoms with E-state index in [4.69, 9.17) is 0 Å². The van der Waals surface area contributed by atoms with Gasteiger partial charge in [0.1, 0.15) is 5.69 Å². The average molecular weight is 264 g/mol. The predicted octanol–water partition coefficient (Wildman–Crippen LogP) is 0.471. The Morgan fingerprint density at radius 1 is 1.32 bits per heavy atom. The van der Waals surface area contributed by atoms with Gasteiger partial charge in [-0.25, -0.2) is 0 Å². The average Bonchev–Trinajstić information content (AvgIpc) is 2.77. The summed E-state index contributed by atoms with van der Waals surface area (Å²) >= 11 is 0. The highest BCUT2D eigenvalue weighted by Gasteiger charge is 2.18. The number of nitrogens with zero attached hydrogens (tertiary/aromatic N) is 3. The Morgan fingerprint density at radius 3 is 2.58 bits per heavy atom. The van der Waals surface area contributed by atoms with Crippen LogP contribution in [0.4, 0.5) is 0 Å². The zero-order valence-electron chi connectivity index (χ0n) is 11.5. The maximum absolute atomic E-state index is 11.9. The Kier molecular flexibility index (Phi) is 4.19. The standard InChI is InChI=1S/C13H20N4O2/c1-10-8-11(15-16(10)2)13(19)14-9-12(18)17-6-4-3-5-7-17/h8H,3-7,9H2,1-2H3,(H,14,19). The highest BCUT2D eigenvalue weighted by molar-refractivity contribution is 5.94. The summed E-state index contributed by atoms with van der Waals surface area (Å²) in [5.41, 5.74) is 1.26. The number of hydrogen-bond donors (Lipinski definition) is 1. The molecule has 1 saturated heterocycles. The second-order valence-corrected chi connectivity index (χ2v) is 4.92. The van der Waals surface area contributed by atoms with E-state index >= 15 is 0 Å². The molecule has 19 heavy (non-hydrogen) atoms. The lowest BCUT2D eigenvalue weighted by molar-refractivity contribution is -0.130. The lowest BCUT2D eigenvalue weighted by atomic mass is 10.1. The molecule has 1 aromatic heterocycles. The number of carbonyl (C=O) groups excluding carboxylic acids is 2. The van der Waals surface area contributed by atoms with Gasteiger partial charge in [-0.3, -0.25) is 14.3 Å². The minimum Gasteiger partial charge on any atom is -0.342 e. The molecular weight excluding hydrogens is 244 g/mol. The third-order valence-corrected chi connectivity index (χ3v) is 3.46. The molecule has 1 N–H and O–H groups in total. The Morgan fingerprint density at radius 2 is 2.00 bits per heavy atom. The number of carbonyl (C=O) groups is 2. The van der Waals surface area contributed by atoms with Crippen molar-refractivity contribution in [1.82, 2.24) is 20.0 Å². The molecule has 6 heteroatoms. The number of likely N-dealkylation sites (tertiary alicyclic amines) is 1. The molecule has 0 atom stereocenters. The number of amides is 2. The van der Waals surface area contributed by atoms with Crippen molar-refractivity contribution in [1.29, 1.82) is 0 Å². The van der Waals surface area contributed by atoms with Crippen molar-refractivity contribution in [2.45, 2.75) is 26.2 Å². The molecule has 0 saturated carbocycles. The Labute approximate surface area is 112 Å². The van der Waals surface area contributed by atoms with Gasteiger partial charge in [-0.1, -0.05) is 0 Å². The van der Waals surface area contributed by atoms with Crippen molar-refractivity contribution in [2.24, 2.45) is 7.05 Å². The number of piperidine rings is 1. The van der Waals surface area contributed by atoms with Crippen LogP contribution in [0, 0.1) is 6.92 Å². The highest BCUT2D eigenvalue weighted by Crippen LogP contribution is 2.08. The van der Waals surface area contributed by atoms with Crippen molar-refractivity contribution < 1.29 is 9.59 Å². The number of hydrogen-bond acceptors (Lipinski definition) is 3. The van der Waals surface area contributed by atoms with Gasteiger partial charge in [0.2, 0.25) is 5.91 Å². The summed E-state index contributed by atoms with van der Waals surface area (Å²) in [6.07, 6.45) is 3.29. The number of aromatic nitrogens is 2. The lowest BCUT2D eigenvalue weighted by Gasteiger charge is -2.26. The van der Waals surface area contributed by atoms with Gasteiger partial charge >= 0.3 is 0 Å². The Bertz CT molecular complexity index is 455. The maximum Gasteiger partial charge on any atom is 0.272 e. The summed E-state index contributed by atoms with van der Waals surface area (Å²) in [4.78, 5) is 25.5. The Hall–Kier alpha value is -1.85. The molecule has 0 bridgehead atoms. The summed E-state index contributed by atoms with van der Waals surface area (Å²) in [7, 11) is 1.78. The molecule has 2 heterocycles. The maximum atomic E-state index is 11.9. The van der Waals surface area contributed by atoms with Crippen LogP contribution in [0.15, 0.2) is 6.07 Å². The van der Waals surface area contributed by atoms with Crippen molar-refractivity contribution in [3.63, 3.8) is 0 Å². The molecule has 1 aromatic rings. The van der Waals surface area contributed by atoms with Crippen LogP contribution in [0.3, 0.4) is 0 Å². The van der Waals surface area contributed by atoms with Gasteiger partial charge in [-0.15, -0.1) is 0 Å². The summed E-state index contributed by atoms with van der Waals surface area (Å²) in [5.74, 6) is -0.310. The van der Waals surface area contributed by atoms with E-state index in [1.807, 2.05) is 11.8 Å². The zero-order chi connectivity index (χ0) is 13.8. The predicted molar refractivity (Wildman–Crippen MR) is 70.7 cm³/mol. The normalized spacial score (nSPS) is 15.4. The second-order valence-electron chi connectivity index (χ2n) is 4.92. The fraction of sp³-hybridized carbons (Fsp3) is 0.615. The largest absolute Gasteiger partial charge is 0.342 e. The molecule has 0 aromatic carbocycles. The van der Waals surface area contributed by atoms with Crippen LogP contribution in [0.25, 0.3) is 0 Å². The quantitative estimate of drug-likeness (QED) is 0.863. The van der Waals surface area contributed by atoms with Gasteiger partial charge in [-0.05, 0) is 32.3 Å². The molecule has 0 unspecified atom stereocenters. The third-order valence-electron chi connectivity index (χ3n) is 3.46. The molecule has 0 aliphatic carbocycles. The molecule has 2 rings (SSSR count). The van der Waals surface area contributed by atoms with Crippen LogP contribution < -0.4 is 5.32 Å². The van der Waals surface area contributed by atoms with Gasteiger partial charge in [0.15, 0.2) is 0 Å². The van der Waals surface area contributed by atoms with Crippen LogP contribution in [0.5, 0.6) is 0 Å². The van der Waals surface area contributed by atoms with Crippen molar-refractivity contribution in [3.05, 3.63) is 17.5 Å². The van der Waals surface area contributed by atoms with Gasteiger partial charge in [-0.2, -0.15) is 5.10 Å². The first-order valence-corrected chi connectivity index (χ1v) is 6.64. The molecule has 2 amide bonds. The second kappa shape index (κ2) is 5.86. The SMILES string of the molecule is Cc1cc(C(=O)NCC(=O)N2CCCCC2)nn1C. The highest BCUT2D eigenvalue weighted by atomic mass is 16.2. The van der Waals surface area contributed by atoms with Crippen molar-refractivity contribution >= 4 is 11.8 Å². The minimum absolute atomic E-state index is 0.0132. The van der Waals surface area contributed by atoms with Crippen LogP contribution in [-0.2, 0) is 11.8 Å². The topological polar surface area (TPSA) is 67.2 Å². The molecule has 0 radical (unpaired) electrons. The third kappa shape index (κ3) is 3.33. The molecule has 1 fully saturated rings. The fourth-order valence-electron chi connectivity index (χ4n) is 2.17. The van der Waals surface area contributed by atoms with Crippen LogP contribution in [0.2, 0.25) is 0 Å². The molecule has 104 valence electrons. The summed E-state index contributed by atoms with van der Waals surface area (Å²) in [6.45, 7) is 3.53. The van der Waals surface area contributed by atoms with Gasteiger partial charge in [0.05, 0.1) is 6.54 Å². The molecule has 6 nitrogen and oxygen atoms in total. The number of nitrogens with one attached hydrogen (secondary N) is 1. The first kappa shape index (κ1) is 13.6. The van der Waals surface area contributed by atoms with Crippen molar-refractivity contribution in [3.8, 4) is 0 Å². The fourth-order valence-corrected chi connectivity index (χ4v) is 2.17. The van der Waals surface area contributed by atoms with Gasteiger partial charge < -0.3 is 10.2 Å². The van der Waals surface area contributed by atoms with Crippen molar-refractivity contribution in [2.75, 3.05) is 19.6 Å². The van der Waals surface area contributed by atoms with E-state index in [1.165, 1.54) is 6.42 Å². The molecule has 1 aliphatic rings. The molecule has 0 spiro atoms. The number of rotatable bonds is 3. The van der Waals surface area contributed by atoms with E-state index in [-0.39, 0.29) is 18.4 Å². The van der Waals surface area contributed by atoms with E-state index < -0.39 is 0 Å². The zero-order valence-corrected chi connectivity index (χ0v) is 11.5. The van der Waals surface area contributed by atoms with Gasteiger partial charge in [0.25, 0.3) is 5.91 Å². The summed E-state index contributed by atoms with van der Waals surface area (Å²) < 4.78 is 1.64. The monoisotopic (exact) mass is 264 g/mol. The van der Waals surface area contributed by atoms with E-state index in [1.54, 1.807) is 17.8 Å². The minimum atomic E-state index is -0.297. The van der Waals surface area contributed by atoms with Crippen LogP contribution in [0.1, 0.15) is 35.4 Å². The van der Waals surface area contributed by atoms with E-state index in [9.17, 15) is 9.59 Å². The van der Waals surface area contributed by atoms with E-state index in [0.717, 1.165) is 31.6 Å². The van der Waals surface area contributed by atoms with Crippen LogP contribution >= 0.6 is 0 Å². The Balaban J connectivity index is 1.84. The van der Waals surface area contributed by atoms with Gasteiger partial charge in [0, 0.05) is 25.8 Å². The number of aryl methyl sites for hydroxylation is 2.